The lowest BCUT2D eigenvalue weighted by Gasteiger charge is -2.12. The fourth-order valence-corrected chi connectivity index (χ4v) is 1.32. The van der Waals surface area contributed by atoms with Crippen LogP contribution >= 0.6 is 0 Å². The lowest BCUT2D eigenvalue weighted by Crippen LogP contribution is -2.39. The zero-order chi connectivity index (χ0) is 13.4. The second-order valence-corrected chi connectivity index (χ2v) is 3.67. The molecule has 18 heavy (non-hydrogen) atoms. The maximum absolute atomic E-state index is 10.7. The van der Waals surface area contributed by atoms with Crippen LogP contribution in [0.2, 0.25) is 0 Å². The summed E-state index contributed by atoms with van der Waals surface area (Å²) < 4.78 is 5.21. The first-order valence-corrected chi connectivity index (χ1v) is 5.39. The smallest absolute Gasteiger partial charge is 0.321 e. The predicted molar refractivity (Wildman–Crippen MR) is 62.9 cm³/mol. The van der Waals surface area contributed by atoms with Crippen molar-refractivity contribution in [2.24, 2.45) is 0 Å². The third kappa shape index (κ3) is 5.42. The minimum atomic E-state index is -1.21. The van der Waals surface area contributed by atoms with E-state index < -0.39 is 24.4 Å². The van der Waals surface area contributed by atoms with Crippen molar-refractivity contribution < 1.29 is 24.5 Å². The molecule has 0 aromatic heterocycles. The average molecular weight is 253 g/mol. The summed E-state index contributed by atoms with van der Waals surface area (Å²) in [6.07, 6.45) is -0.482. The molecule has 0 heterocycles. The fraction of sp³-hybridized carbons (Fsp3) is 0.333. The molecule has 0 fully saturated rings. The second-order valence-electron chi connectivity index (χ2n) is 3.67. The van der Waals surface area contributed by atoms with E-state index in [2.05, 4.69) is 5.32 Å². The lowest BCUT2D eigenvalue weighted by molar-refractivity contribution is -0.146. The molecule has 0 radical (unpaired) electrons. The first kappa shape index (κ1) is 14.1. The van der Waals surface area contributed by atoms with Gasteiger partial charge in [-0.2, -0.15) is 0 Å². The van der Waals surface area contributed by atoms with Gasteiger partial charge in [-0.15, -0.1) is 0 Å². The van der Waals surface area contributed by atoms with Crippen LogP contribution in [0.15, 0.2) is 30.3 Å². The summed E-state index contributed by atoms with van der Waals surface area (Å²) in [5, 5.41) is 19.8. The number of benzene rings is 1. The van der Waals surface area contributed by atoms with Crippen molar-refractivity contribution >= 4 is 11.9 Å². The SMILES string of the molecule is O=C(O)CC(NCOCc1ccccc1)C(=O)O. The van der Waals surface area contributed by atoms with Gasteiger partial charge in [0.1, 0.15) is 6.04 Å². The van der Waals surface area contributed by atoms with Gasteiger partial charge in [-0.05, 0) is 5.56 Å². The molecular weight excluding hydrogens is 238 g/mol. The Labute approximate surface area is 104 Å². The van der Waals surface area contributed by atoms with Crippen LogP contribution in [0.4, 0.5) is 0 Å². The van der Waals surface area contributed by atoms with Crippen LogP contribution in [0, 0.1) is 0 Å². The minimum Gasteiger partial charge on any atom is -0.481 e. The van der Waals surface area contributed by atoms with E-state index in [0.717, 1.165) is 5.56 Å². The summed E-state index contributed by atoms with van der Waals surface area (Å²) in [5.74, 6) is -2.38. The number of carbonyl (C=O) groups is 2. The number of carboxylic acid groups (broad SMARTS) is 2. The standard InChI is InChI=1S/C12H15NO5/c14-11(15)6-10(12(16)17)13-8-18-7-9-4-2-1-3-5-9/h1-5,10,13H,6-8H2,(H,14,15)(H,16,17). The van der Waals surface area contributed by atoms with Gasteiger partial charge in [0, 0.05) is 0 Å². The molecule has 6 nitrogen and oxygen atoms in total. The number of ether oxygens (including phenoxy) is 1. The molecule has 6 heteroatoms. The van der Waals surface area contributed by atoms with Crippen LogP contribution in [-0.2, 0) is 20.9 Å². The molecule has 1 unspecified atom stereocenters. The van der Waals surface area contributed by atoms with Gasteiger partial charge in [0.25, 0.3) is 0 Å². The monoisotopic (exact) mass is 253 g/mol. The number of rotatable bonds is 8. The van der Waals surface area contributed by atoms with Crippen molar-refractivity contribution in [3.8, 4) is 0 Å². The number of nitrogens with one attached hydrogen (secondary N) is 1. The molecule has 0 saturated heterocycles. The van der Waals surface area contributed by atoms with Crippen LogP contribution in [0.1, 0.15) is 12.0 Å². The first-order chi connectivity index (χ1) is 8.59. The average Bonchev–Trinajstić information content (AvgIpc) is 2.33. The Hall–Kier alpha value is -1.92. The Balaban J connectivity index is 2.27. The van der Waals surface area contributed by atoms with Crippen molar-refractivity contribution in [2.45, 2.75) is 19.1 Å². The molecule has 0 amide bonds. The second kappa shape index (κ2) is 7.41. The predicted octanol–water partition coefficient (Wildman–Crippen LogP) is 0.678. The number of hydrogen-bond donors (Lipinski definition) is 3. The molecule has 1 rings (SSSR count). The molecule has 3 N–H and O–H groups in total. The van der Waals surface area contributed by atoms with Crippen LogP contribution in [0.5, 0.6) is 0 Å². The van der Waals surface area contributed by atoms with Crippen LogP contribution in [0.25, 0.3) is 0 Å². The molecule has 1 aromatic rings. The molecule has 0 aliphatic carbocycles. The van der Waals surface area contributed by atoms with Crippen molar-refractivity contribution in [1.82, 2.24) is 5.32 Å². The van der Waals surface area contributed by atoms with Gasteiger partial charge in [0.15, 0.2) is 0 Å². The summed E-state index contributed by atoms with van der Waals surface area (Å²) in [4.78, 5) is 21.1. The summed E-state index contributed by atoms with van der Waals surface area (Å²) in [6, 6.07) is 8.25. The van der Waals surface area contributed by atoms with E-state index in [1.54, 1.807) is 0 Å². The van der Waals surface area contributed by atoms with Crippen molar-refractivity contribution in [3.05, 3.63) is 35.9 Å². The molecule has 0 aliphatic rings. The zero-order valence-electron chi connectivity index (χ0n) is 9.70. The van der Waals surface area contributed by atoms with Gasteiger partial charge >= 0.3 is 11.9 Å². The van der Waals surface area contributed by atoms with E-state index in [0.29, 0.717) is 6.61 Å². The normalized spacial score (nSPS) is 12.0. The summed E-state index contributed by atoms with van der Waals surface area (Å²) >= 11 is 0. The van der Waals surface area contributed by atoms with E-state index in [1.165, 1.54) is 0 Å². The van der Waals surface area contributed by atoms with Crippen molar-refractivity contribution in [1.29, 1.82) is 0 Å². The Morgan fingerprint density at radius 2 is 1.89 bits per heavy atom. The number of aliphatic carboxylic acids is 2. The summed E-state index contributed by atoms with van der Waals surface area (Å²) in [6.45, 7) is 0.326. The Morgan fingerprint density at radius 3 is 2.44 bits per heavy atom. The Kier molecular flexibility index (Phi) is 5.83. The first-order valence-electron chi connectivity index (χ1n) is 5.39. The van der Waals surface area contributed by atoms with Crippen molar-refractivity contribution in [3.63, 3.8) is 0 Å². The van der Waals surface area contributed by atoms with Gasteiger partial charge in [-0.25, -0.2) is 0 Å². The third-order valence-corrected chi connectivity index (χ3v) is 2.22. The van der Waals surface area contributed by atoms with E-state index in [9.17, 15) is 9.59 Å². The van der Waals surface area contributed by atoms with E-state index in [1.807, 2.05) is 30.3 Å². The summed E-state index contributed by atoms with van der Waals surface area (Å²) in [7, 11) is 0. The minimum absolute atomic E-state index is 0.0147. The molecule has 0 spiro atoms. The molecule has 98 valence electrons. The highest BCUT2D eigenvalue weighted by Gasteiger charge is 2.19. The van der Waals surface area contributed by atoms with Gasteiger partial charge < -0.3 is 14.9 Å². The van der Waals surface area contributed by atoms with Crippen LogP contribution in [0.3, 0.4) is 0 Å². The molecule has 0 bridgehead atoms. The van der Waals surface area contributed by atoms with Gasteiger partial charge in [0.05, 0.1) is 19.8 Å². The van der Waals surface area contributed by atoms with E-state index >= 15 is 0 Å². The topological polar surface area (TPSA) is 95.9 Å². The van der Waals surface area contributed by atoms with Gasteiger partial charge in [-0.3, -0.25) is 14.9 Å². The Bertz CT molecular complexity index is 393. The molecular formula is C12H15NO5. The quantitative estimate of drug-likeness (QED) is 0.465. The van der Waals surface area contributed by atoms with Gasteiger partial charge in [-0.1, -0.05) is 30.3 Å². The maximum Gasteiger partial charge on any atom is 0.321 e. The fourth-order valence-electron chi connectivity index (χ4n) is 1.32. The maximum atomic E-state index is 10.7. The van der Waals surface area contributed by atoms with Crippen LogP contribution < -0.4 is 5.32 Å². The molecule has 1 atom stereocenters. The zero-order valence-corrected chi connectivity index (χ0v) is 9.70. The van der Waals surface area contributed by atoms with Crippen LogP contribution in [-0.4, -0.2) is 34.9 Å². The highest BCUT2D eigenvalue weighted by Crippen LogP contribution is 2.00. The van der Waals surface area contributed by atoms with E-state index in [-0.39, 0.29) is 6.73 Å². The van der Waals surface area contributed by atoms with Gasteiger partial charge in [0.2, 0.25) is 0 Å². The highest BCUT2D eigenvalue weighted by molar-refractivity contribution is 5.80. The molecule has 0 aliphatic heterocycles. The largest absolute Gasteiger partial charge is 0.481 e. The highest BCUT2D eigenvalue weighted by atomic mass is 16.5. The molecule has 1 aromatic carbocycles. The number of hydrogen-bond acceptors (Lipinski definition) is 4. The molecule has 0 saturated carbocycles. The van der Waals surface area contributed by atoms with Crippen molar-refractivity contribution in [2.75, 3.05) is 6.73 Å². The number of carboxylic acids is 2. The lowest BCUT2D eigenvalue weighted by atomic mass is 10.2. The Morgan fingerprint density at radius 1 is 1.22 bits per heavy atom. The summed E-state index contributed by atoms with van der Waals surface area (Å²) in [5.41, 5.74) is 0.962. The van der Waals surface area contributed by atoms with E-state index in [4.69, 9.17) is 14.9 Å². The third-order valence-electron chi connectivity index (χ3n) is 2.22.